The van der Waals surface area contributed by atoms with Crippen molar-refractivity contribution in [3.63, 3.8) is 0 Å². The van der Waals surface area contributed by atoms with Crippen molar-refractivity contribution in [1.82, 2.24) is 14.7 Å². The van der Waals surface area contributed by atoms with E-state index in [1.165, 1.54) is 6.07 Å². The van der Waals surface area contributed by atoms with Crippen molar-refractivity contribution in [2.24, 2.45) is 0 Å². The number of pyridine rings is 1. The second kappa shape index (κ2) is 7.21. The highest BCUT2D eigenvalue weighted by atomic mass is 19.1. The Labute approximate surface area is 160 Å². The van der Waals surface area contributed by atoms with E-state index in [9.17, 15) is 9.18 Å². The molecule has 1 unspecified atom stereocenters. The minimum Gasteiger partial charge on any atom is -0.478 e. The van der Waals surface area contributed by atoms with Gasteiger partial charge in [0.1, 0.15) is 11.5 Å². The smallest absolute Gasteiger partial charge is 0.335 e. The molecule has 146 valence electrons. The van der Waals surface area contributed by atoms with E-state index in [0.29, 0.717) is 30.9 Å². The Hall–Kier alpha value is -2.97. The first-order valence-electron chi connectivity index (χ1n) is 9.06. The van der Waals surface area contributed by atoms with E-state index in [2.05, 4.69) is 10.3 Å². The summed E-state index contributed by atoms with van der Waals surface area (Å²) in [7, 11) is 0. The minimum atomic E-state index is -1.23. The maximum Gasteiger partial charge on any atom is 0.335 e. The third-order valence-corrected chi connectivity index (χ3v) is 4.91. The van der Waals surface area contributed by atoms with Crippen LogP contribution in [0.1, 0.15) is 21.6 Å². The number of nitrogen functional groups attached to an aromatic ring is 1. The van der Waals surface area contributed by atoms with Crippen LogP contribution in [-0.2, 0) is 11.2 Å². The first-order valence-corrected chi connectivity index (χ1v) is 9.06. The normalized spacial score (nSPS) is 17.1. The second-order valence-corrected chi connectivity index (χ2v) is 6.97. The number of aromatic carboxylic acids is 1. The first kappa shape index (κ1) is 18.4. The molecular weight excluding hydrogens is 363 g/mol. The molecule has 8 heteroatoms. The number of halogens is 1. The number of rotatable bonds is 4. The summed E-state index contributed by atoms with van der Waals surface area (Å²) in [5.41, 5.74) is 8.90. The average Bonchev–Trinajstić information content (AvgIpc) is 2.99. The summed E-state index contributed by atoms with van der Waals surface area (Å²) >= 11 is 0. The molecule has 1 saturated heterocycles. The number of benzene rings is 1. The molecule has 0 spiro atoms. The highest BCUT2D eigenvalue weighted by Gasteiger charge is 2.24. The number of ether oxygens (including phenoxy) is 1. The first-order chi connectivity index (χ1) is 13.4. The van der Waals surface area contributed by atoms with E-state index in [0.717, 1.165) is 23.9 Å². The summed E-state index contributed by atoms with van der Waals surface area (Å²) < 4.78 is 22.6. The zero-order valence-electron chi connectivity index (χ0n) is 15.4. The van der Waals surface area contributed by atoms with E-state index in [1.54, 1.807) is 0 Å². The predicted molar refractivity (Wildman–Crippen MR) is 103 cm³/mol. The zero-order chi connectivity index (χ0) is 19.8. The third-order valence-electron chi connectivity index (χ3n) is 4.91. The molecule has 0 saturated carbocycles. The van der Waals surface area contributed by atoms with Crippen molar-refractivity contribution in [2.75, 3.05) is 25.4 Å². The molecule has 28 heavy (non-hydrogen) atoms. The molecule has 0 bridgehead atoms. The van der Waals surface area contributed by atoms with E-state index >= 15 is 0 Å². The fraction of sp³-hybridized carbons (Fsp3) is 0.300. The number of aryl methyl sites for hydroxylation is 1. The number of fused-ring (bicyclic) bond motifs is 1. The van der Waals surface area contributed by atoms with Gasteiger partial charge in [-0.2, -0.15) is 0 Å². The predicted octanol–water partition coefficient (Wildman–Crippen LogP) is 2.26. The molecular formula is C20H21FN4O3. The van der Waals surface area contributed by atoms with Gasteiger partial charge in [-0.15, -0.1) is 0 Å². The maximum atomic E-state index is 14.9. The Morgan fingerprint density at radius 2 is 2.29 bits per heavy atom. The van der Waals surface area contributed by atoms with Crippen molar-refractivity contribution in [1.29, 1.82) is 0 Å². The van der Waals surface area contributed by atoms with Crippen molar-refractivity contribution in [3.8, 4) is 11.3 Å². The van der Waals surface area contributed by atoms with Gasteiger partial charge < -0.3 is 25.3 Å². The molecule has 3 heterocycles. The number of aromatic nitrogens is 2. The van der Waals surface area contributed by atoms with Crippen molar-refractivity contribution in [2.45, 2.75) is 19.4 Å². The zero-order valence-corrected chi connectivity index (χ0v) is 15.4. The third kappa shape index (κ3) is 3.32. The number of nitrogens with two attached hydrogens (primary N) is 1. The highest BCUT2D eigenvalue weighted by Crippen LogP contribution is 2.34. The van der Waals surface area contributed by atoms with Crippen LogP contribution in [0.4, 0.5) is 10.1 Å². The molecule has 4 N–H and O–H groups in total. The lowest BCUT2D eigenvalue weighted by Crippen LogP contribution is -2.39. The number of nitrogens with one attached hydrogen (secondary N) is 1. The summed E-state index contributed by atoms with van der Waals surface area (Å²) in [4.78, 5) is 15.8. The van der Waals surface area contributed by atoms with Crippen molar-refractivity contribution < 1.29 is 19.0 Å². The van der Waals surface area contributed by atoms with Crippen LogP contribution in [0.15, 0.2) is 30.5 Å². The highest BCUT2D eigenvalue weighted by molar-refractivity contribution is 5.91. The lowest BCUT2D eigenvalue weighted by Gasteiger charge is -2.24. The number of hydrogen-bond donors (Lipinski definition) is 3. The number of carboxylic acid groups (broad SMARTS) is 1. The summed E-state index contributed by atoms with van der Waals surface area (Å²) in [6.45, 7) is 4.06. The van der Waals surface area contributed by atoms with Crippen LogP contribution >= 0.6 is 0 Å². The van der Waals surface area contributed by atoms with Gasteiger partial charge in [0.2, 0.25) is 0 Å². The lowest BCUT2D eigenvalue weighted by molar-refractivity contribution is 0.0286. The topological polar surface area (TPSA) is 102 Å². The Bertz CT molecular complexity index is 1030. The van der Waals surface area contributed by atoms with Crippen LogP contribution in [0, 0.1) is 12.7 Å². The minimum absolute atomic E-state index is 0.0430. The van der Waals surface area contributed by atoms with Gasteiger partial charge in [-0.05, 0) is 36.8 Å². The van der Waals surface area contributed by atoms with E-state index < -0.39 is 11.8 Å². The van der Waals surface area contributed by atoms with Gasteiger partial charge in [-0.25, -0.2) is 14.2 Å². The molecule has 1 atom stereocenters. The molecule has 0 aliphatic carbocycles. The standard InChI is InChI=1S/C20H21FN4O3/c1-11-2-4-25-16(9-13-10-23-3-5-28-13)19(24-17(25)6-11)18-14(21)7-12(20(26)27)8-15(18)22/h2,4,6-8,13,23H,3,5,9-10,22H2,1H3,(H,26,27). The Kier molecular flexibility index (Phi) is 4.74. The quantitative estimate of drug-likeness (QED) is 0.597. The Morgan fingerprint density at radius 1 is 1.46 bits per heavy atom. The van der Waals surface area contributed by atoms with Crippen molar-refractivity contribution >= 4 is 17.3 Å². The molecule has 1 aromatic carbocycles. The number of morpholine rings is 1. The van der Waals surface area contributed by atoms with Gasteiger partial charge >= 0.3 is 5.97 Å². The second-order valence-electron chi connectivity index (χ2n) is 6.97. The number of carbonyl (C=O) groups is 1. The number of hydrogen-bond acceptors (Lipinski definition) is 5. The molecule has 4 rings (SSSR count). The molecule has 2 aromatic heterocycles. The van der Waals surface area contributed by atoms with Gasteiger partial charge in [0.15, 0.2) is 0 Å². The molecule has 1 aliphatic rings. The van der Waals surface area contributed by atoms with Crippen LogP contribution < -0.4 is 11.1 Å². The van der Waals surface area contributed by atoms with Gasteiger partial charge in [0.25, 0.3) is 0 Å². The van der Waals surface area contributed by atoms with Crippen LogP contribution in [-0.4, -0.2) is 46.3 Å². The van der Waals surface area contributed by atoms with Crippen LogP contribution in [0.25, 0.3) is 16.9 Å². The van der Waals surface area contributed by atoms with Gasteiger partial charge in [-0.3, -0.25) is 0 Å². The Morgan fingerprint density at radius 3 is 2.96 bits per heavy atom. The Balaban J connectivity index is 1.88. The summed E-state index contributed by atoms with van der Waals surface area (Å²) in [6, 6.07) is 6.10. The van der Waals surface area contributed by atoms with Gasteiger partial charge in [-0.1, -0.05) is 0 Å². The fourth-order valence-corrected chi connectivity index (χ4v) is 3.56. The van der Waals surface area contributed by atoms with Crippen LogP contribution in [0.2, 0.25) is 0 Å². The fourth-order valence-electron chi connectivity index (χ4n) is 3.56. The van der Waals surface area contributed by atoms with Gasteiger partial charge in [0.05, 0.1) is 35.2 Å². The molecule has 1 aliphatic heterocycles. The molecule has 3 aromatic rings. The monoisotopic (exact) mass is 384 g/mol. The molecule has 1 fully saturated rings. The number of nitrogens with zero attached hydrogens (tertiary/aromatic N) is 2. The number of anilines is 1. The average molecular weight is 384 g/mol. The summed E-state index contributed by atoms with van der Waals surface area (Å²) in [5, 5.41) is 12.4. The van der Waals surface area contributed by atoms with Crippen LogP contribution in [0.3, 0.4) is 0 Å². The van der Waals surface area contributed by atoms with E-state index in [-0.39, 0.29) is 22.9 Å². The summed E-state index contributed by atoms with van der Waals surface area (Å²) in [6.07, 6.45) is 2.34. The molecule has 0 amide bonds. The summed E-state index contributed by atoms with van der Waals surface area (Å²) in [5.74, 6) is -1.94. The number of carboxylic acids is 1. The maximum absolute atomic E-state index is 14.9. The SMILES string of the molecule is Cc1ccn2c(CC3CNCCO3)c(-c3c(N)cc(C(=O)O)cc3F)nc2c1. The van der Waals surface area contributed by atoms with E-state index in [1.807, 2.05) is 29.7 Å². The van der Waals surface area contributed by atoms with Gasteiger partial charge in [0, 0.05) is 31.4 Å². The molecule has 0 radical (unpaired) electrons. The largest absolute Gasteiger partial charge is 0.478 e. The van der Waals surface area contributed by atoms with Crippen LogP contribution in [0.5, 0.6) is 0 Å². The number of imidazole rings is 1. The van der Waals surface area contributed by atoms with E-state index in [4.69, 9.17) is 15.6 Å². The van der Waals surface area contributed by atoms with Crippen molar-refractivity contribution in [3.05, 3.63) is 53.1 Å². The lowest BCUT2D eigenvalue weighted by atomic mass is 10.0. The molecule has 7 nitrogen and oxygen atoms in total.